The molecular weight excluding hydrogens is 276 g/mol. The largest absolute Gasteiger partial charge is 0.398 e. The van der Waals surface area contributed by atoms with Gasteiger partial charge >= 0.3 is 0 Å². The molecule has 0 spiro atoms. The van der Waals surface area contributed by atoms with Crippen LogP contribution in [0.2, 0.25) is 0 Å². The Bertz CT molecular complexity index is 539. The first-order chi connectivity index (χ1) is 9.49. The van der Waals surface area contributed by atoms with Gasteiger partial charge in [0.25, 0.3) is 0 Å². The third-order valence-corrected chi connectivity index (χ3v) is 5.50. The Balaban J connectivity index is 2.00. The fourth-order valence-electron chi connectivity index (χ4n) is 2.38. The van der Waals surface area contributed by atoms with Crippen molar-refractivity contribution in [2.45, 2.75) is 18.6 Å². The predicted molar refractivity (Wildman–Crippen MR) is 79.7 cm³/mol. The molecule has 1 saturated heterocycles. The van der Waals surface area contributed by atoms with Gasteiger partial charge in [-0.2, -0.15) is 0 Å². The number of hydrogen-bond acceptors (Lipinski definition) is 4. The van der Waals surface area contributed by atoms with Gasteiger partial charge in [0.1, 0.15) is 0 Å². The average Bonchev–Trinajstić information content (AvgIpc) is 2.42. The Morgan fingerprint density at radius 2 is 1.95 bits per heavy atom. The number of nitrogens with zero attached hydrogens (tertiary/aromatic N) is 1. The third kappa shape index (κ3) is 3.94. The second-order valence-corrected chi connectivity index (χ2v) is 7.37. The molecule has 0 saturated carbocycles. The summed E-state index contributed by atoms with van der Waals surface area (Å²) in [5.41, 5.74) is 6.99. The van der Waals surface area contributed by atoms with Crippen LogP contribution in [0.3, 0.4) is 0 Å². The number of benzene rings is 1. The first-order valence-electron chi connectivity index (χ1n) is 6.84. The van der Waals surface area contributed by atoms with E-state index >= 15 is 0 Å². The molecule has 6 heteroatoms. The molecule has 0 radical (unpaired) electrons. The van der Waals surface area contributed by atoms with E-state index < -0.39 is 10.0 Å². The van der Waals surface area contributed by atoms with Gasteiger partial charge in [-0.3, -0.25) is 0 Å². The van der Waals surface area contributed by atoms with Crippen LogP contribution in [0, 0.1) is 5.92 Å². The van der Waals surface area contributed by atoms with Crippen LogP contribution in [0.15, 0.2) is 24.3 Å². The van der Waals surface area contributed by atoms with Crippen molar-refractivity contribution in [1.82, 2.24) is 4.31 Å². The maximum Gasteiger partial charge on any atom is 0.218 e. The summed E-state index contributed by atoms with van der Waals surface area (Å²) >= 11 is 0. The number of para-hydroxylation sites is 1. The Labute approximate surface area is 120 Å². The molecule has 0 amide bonds. The van der Waals surface area contributed by atoms with Gasteiger partial charge in [0.05, 0.1) is 5.75 Å². The van der Waals surface area contributed by atoms with Gasteiger partial charge in [0.2, 0.25) is 10.0 Å². The fourth-order valence-corrected chi connectivity index (χ4v) is 3.69. The molecule has 0 atom stereocenters. The zero-order valence-electron chi connectivity index (χ0n) is 11.8. The van der Waals surface area contributed by atoms with E-state index in [1.165, 1.54) is 4.31 Å². The summed E-state index contributed by atoms with van der Waals surface area (Å²) in [6.45, 7) is 2.01. The van der Waals surface area contributed by atoms with E-state index in [0.717, 1.165) is 26.1 Å². The number of sulfonamides is 1. The molecule has 1 heterocycles. The Morgan fingerprint density at radius 1 is 1.30 bits per heavy atom. The van der Waals surface area contributed by atoms with Gasteiger partial charge in [-0.15, -0.1) is 0 Å². The highest BCUT2D eigenvalue weighted by Gasteiger charge is 2.24. The van der Waals surface area contributed by atoms with E-state index in [1.807, 2.05) is 0 Å². The highest BCUT2D eigenvalue weighted by Crippen LogP contribution is 2.20. The summed E-state index contributed by atoms with van der Waals surface area (Å²) in [6, 6.07) is 7.09. The molecule has 112 valence electrons. The number of nitrogens with two attached hydrogens (primary N) is 1. The molecule has 1 aliphatic heterocycles. The van der Waals surface area contributed by atoms with Crippen LogP contribution in [0.25, 0.3) is 0 Å². The van der Waals surface area contributed by atoms with Gasteiger partial charge in [-0.25, -0.2) is 12.7 Å². The smallest absolute Gasteiger partial charge is 0.218 e. The van der Waals surface area contributed by atoms with Crippen LogP contribution in [0.1, 0.15) is 18.4 Å². The van der Waals surface area contributed by atoms with Gasteiger partial charge in [-0.05, 0) is 30.4 Å². The normalized spacial score (nSPS) is 17.5. The Kier molecular flexibility index (Phi) is 5.01. The van der Waals surface area contributed by atoms with Crippen molar-refractivity contribution >= 4 is 15.7 Å². The zero-order chi connectivity index (χ0) is 14.6. The molecule has 5 nitrogen and oxygen atoms in total. The lowest BCUT2D eigenvalue weighted by Gasteiger charge is -2.26. The lowest BCUT2D eigenvalue weighted by atomic mass is 10.0. The van der Waals surface area contributed by atoms with Crippen molar-refractivity contribution < 1.29 is 13.2 Å². The van der Waals surface area contributed by atoms with Crippen LogP contribution >= 0.6 is 0 Å². The summed E-state index contributed by atoms with van der Waals surface area (Å²) in [6.07, 6.45) is 1.85. The lowest BCUT2D eigenvalue weighted by Crippen LogP contribution is -2.35. The Morgan fingerprint density at radius 3 is 2.60 bits per heavy atom. The van der Waals surface area contributed by atoms with Crippen LogP contribution in [-0.2, 0) is 20.5 Å². The molecule has 1 aliphatic rings. The SMILES string of the molecule is CN(CC1CCOCC1)S(=O)(=O)Cc1ccccc1N. The van der Waals surface area contributed by atoms with Crippen molar-refractivity contribution in [2.24, 2.45) is 5.92 Å². The minimum absolute atomic E-state index is 0.0423. The van der Waals surface area contributed by atoms with E-state index in [1.54, 1.807) is 31.3 Å². The molecule has 0 aliphatic carbocycles. The van der Waals surface area contributed by atoms with Crippen molar-refractivity contribution in [1.29, 1.82) is 0 Å². The van der Waals surface area contributed by atoms with Crippen molar-refractivity contribution in [3.05, 3.63) is 29.8 Å². The summed E-state index contributed by atoms with van der Waals surface area (Å²) < 4.78 is 31.5. The molecular formula is C14H22N2O3S. The third-order valence-electron chi connectivity index (χ3n) is 3.72. The van der Waals surface area contributed by atoms with Gasteiger partial charge < -0.3 is 10.5 Å². The van der Waals surface area contributed by atoms with E-state index in [-0.39, 0.29) is 5.75 Å². The first-order valence-corrected chi connectivity index (χ1v) is 8.45. The number of hydrogen-bond donors (Lipinski definition) is 1. The summed E-state index contributed by atoms with van der Waals surface area (Å²) in [4.78, 5) is 0. The van der Waals surface area contributed by atoms with Crippen molar-refractivity contribution in [3.8, 4) is 0 Å². The zero-order valence-corrected chi connectivity index (χ0v) is 12.6. The van der Waals surface area contributed by atoms with E-state index in [2.05, 4.69) is 0 Å². The monoisotopic (exact) mass is 298 g/mol. The highest BCUT2D eigenvalue weighted by atomic mass is 32.2. The molecule has 1 fully saturated rings. The highest BCUT2D eigenvalue weighted by molar-refractivity contribution is 7.88. The molecule has 0 unspecified atom stereocenters. The molecule has 2 N–H and O–H groups in total. The number of rotatable bonds is 5. The topological polar surface area (TPSA) is 72.6 Å². The molecule has 1 aromatic rings. The van der Waals surface area contributed by atoms with Gasteiger partial charge in [0, 0.05) is 32.5 Å². The fraction of sp³-hybridized carbons (Fsp3) is 0.571. The van der Waals surface area contributed by atoms with E-state index in [0.29, 0.717) is 23.7 Å². The number of nitrogen functional groups attached to an aromatic ring is 1. The maximum absolute atomic E-state index is 12.4. The maximum atomic E-state index is 12.4. The second kappa shape index (κ2) is 6.56. The summed E-state index contributed by atoms with van der Waals surface area (Å²) in [5.74, 6) is 0.344. The average molecular weight is 298 g/mol. The van der Waals surface area contributed by atoms with Crippen LogP contribution < -0.4 is 5.73 Å². The Hall–Kier alpha value is -1.11. The van der Waals surface area contributed by atoms with Crippen molar-refractivity contribution in [3.63, 3.8) is 0 Å². The van der Waals surface area contributed by atoms with Crippen LogP contribution in [0.4, 0.5) is 5.69 Å². The van der Waals surface area contributed by atoms with Crippen molar-refractivity contribution in [2.75, 3.05) is 32.5 Å². The molecule has 1 aromatic carbocycles. The second-order valence-electron chi connectivity index (χ2n) is 5.29. The quantitative estimate of drug-likeness (QED) is 0.835. The first kappa shape index (κ1) is 15.3. The summed E-state index contributed by atoms with van der Waals surface area (Å²) in [5, 5.41) is 0. The molecule has 20 heavy (non-hydrogen) atoms. The lowest BCUT2D eigenvalue weighted by molar-refractivity contribution is 0.0620. The van der Waals surface area contributed by atoms with Gasteiger partial charge in [0.15, 0.2) is 0 Å². The predicted octanol–water partition coefficient (Wildman–Crippen LogP) is 1.46. The number of anilines is 1. The van der Waals surface area contributed by atoms with Gasteiger partial charge in [-0.1, -0.05) is 18.2 Å². The molecule has 2 rings (SSSR count). The molecule has 0 aromatic heterocycles. The van der Waals surface area contributed by atoms with Crippen LogP contribution in [-0.4, -0.2) is 39.5 Å². The standard InChI is InChI=1S/C14H22N2O3S/c1-16(10-12-6-8-19-9-7-12)20(17,18)11-13-4-2-3-5-14(13)15/h2-5,12H,6-11,15H2,1H3. The molecule has 0 bridgehead atoms. The minimum atomic E-state index is -3.32. The van der Waals surface area contributed by atoms with Crippen LogP contribution in [0.5, 0.6) is 0 Å². The van der Waals surface area contributed by atoms with E-state index in [9.17, 15) is 8.42 Å². The minimum Gasteiger partial charge on any atom is -0.398 e. The number of ether oxygens (including phenoxy) is 1. The summed E-state index contributed by atoms with van der Waals surface area (Å²) in [7, 11) is -1.68. The van der Waals surface area contributed by atoms with E-state index in [4.69, 9.17) is 10.5 Å².